The highest BCUT2D eigenvalue weighted by Crippen LogP contribution is 2.23. The third-order valence-electron chi connectivity index (χ3n) is 1.64. The Balaban J connectivity index is 3.30. The molecule has 0 saturated heterocycles. The third kappa shape index (κ3) is 2.24. The van der Waals surface area contributed by atoms with E-state index in [1.807, 2.05) is 0 Å². The highest BCUT2D eigenvalue weighted by atomic mass is 127. The zero-order valence-corrected chi connectivity index (χ0v) is 9.16. The second-order valence-electron chi connectivity index (χ2n) is 2.51. The molecular weight excluding hydrogens is 305 g/mol. The molecule has 0 aliphatic rings. The summed E-state index contributed by atoms with van der Waals surface area (Å²) in [6.07, 6.45) is -2.08. The van der Waals surface area contributed by atoms with Gasteiger partial charge in [0, 0.05) is 15.7 Å². The number of alkyl halides is 2. The summed E-state index contributed by atoms with van der Waals surface area (Å²) in [6.45, 7) is -0.0231. The highest BCUT2D eigenvalue weighted by molar-refractivity contribution is 14.1. The van der Waals surface area contributed by atoms with Crippen molar-refractivity contribution in [3.05, 3.63) is 26.6 Å². The SMILES string of the molecule is NCc1nc(C(F)F)c(I)cc1C=O. The van der Waals surface area contributed by atoms with E-state index in [-0.39, 0.29) is 27.1 Å². The van der Waals surface area contributed by atoms with Crippen molar-refractivity contribution in [3.8, 4) is 0 Å². The zero-order valence-electron chi connectivity index (χ0n) is 7.01. The quantitative estimate of drug-likeness (QED) is 0.685. The summed E-state index contributed by atoms with van der Waals surface area (Å²) in [7, 11) is 0. The van der Waals surface area contributed by atoms with Gasteiger partial charge < -0.3 is 5.73 Å². The average molecular weight is 312 g/mol. The summed E-state index contributed by atoms with van der Waals surface area (Å²) >= 11 is 1.72. The van der Waals surface area contributed by atoms with Crippen LogP contribution >= 0.6 is 22.6 Å². The molecule has 0 aliphatic heterocycles. The van der Waals surface area contributed by atoms with Crippen molar-refractivity contribution >= 4 is 28.9 Å². The number of aromatic nitrogens is 1. The summed E-state index contributed by atoms with van der Waals surface area (Å²) in [4.78, 5) is 14.2. The van der Waals surface area contributed by atoms with Crippen molar-refractivity contribution in [1.29, 1.82) is 0 Å². The van der Waals surface area contributed by atoms with Crippen LogP contribution in [0.15, 0.2) is 6.07 Å². The molecule has 14 heavy (non-hydrogen) atoms. The van der Waals surface area contributed by atoms with Crippen LogP contribution in [0.4, 0.5) is 8.78 Å². The van der Waals surface area contributed by atoms with Crippen LogP contribution in [-0.2, 0) is 6.54 Å². The van der Waals surface area contributed by atoms with Crippen LogP contribution in [-0.4, -0.2) is 11.3 Å². The first-order valence-corrected chi connectivity index (χ1v) is 4.80. The highest BCUT2D eigenvalue weighted by Gasteiger charge is 2.16. The fourth-order valence-corrected chi connectivity index (χ4v) is 1.67. The van der Waals surface area contributed by atoms with E-state index >= 15 is 0 Å². The standard InChI is InChI=1S/C8H7F2IN2O/c9-8(10)7-5(11)1-4(3-14)6(2-12)13-7/h1,3,8H,2,12H2. The second-order valence-corrected chi connectivity index (χ2v) is 3.68. The smallest absolute Gasteiger partial charge is 0.281 e. The molecule has 0 saturated carbocycles. The maximum atomic E-state index is 12.4. The van der Waals surface area contributed by atoms with Gasteiger partial charge in [-0.3, -0.25) is 4.79 Å². The molecule has 0 amide bonds. The van der Waals surface area contributed by atoms with Crippen molar-refractivity contribution in [2.75, 3.05) is 0 Å². The Bertz CT molecular complexity index is 357. The van der Waals surface area contributed by atoms with Crippen LogP contribution in [0, 0.1) is 3.57 Å². The molecule has 1 rings (SSSR count). The fourth-order valence-electron chi connectivity index (χ4n) is 0.976. The number of hydrogen-bond acceptors (Lipinski definition) is 3. The van der Waals surface area contributed by atoms with Gasteiger partial charge in [0.15, 0.2) is 6.29 Å². The number of carbonyl (C=O) groups is 1. The largest absolute Gasteiger partial charge is 0.325 e. The van der Waals surface area contributed by atoms with E-state index in [0.29, 0.717) is 6.29 Å². The van der Waals surface area contributed by atoms with Crippen molar-refractivity contribution in [1.82, 2.24) is 4.98 Å². The summed E-state index contributed by atoms with van der Waals surface area (Å²) < 4.78 is 25.0. The number of hydrogen-bond donors (Lipinski definition) is 1. The third-order valence-corrected chi connectivity index (χ3v) is 2.51. The first-order chi connectivity index (χ1) is 6.60. The van der Waals surface area contributed by atoms with Gasteiger partial charge in [-0.2, -0.15) is 0 Å². The number of rotatable bonds is 3. The molecule has 0 spiro atoms. The maximum Gasteiger partial charge on any atom is 0.281 e. The minimum Gasteiger partial charge on any atom is -0.325 e. The lowest BCUT2D eigenvalue weighted by molar-refractivity contribution is 0.112. The maximum absolute atomic E-state index is 12.4. The Kier molecular flexibility index (Phi) is 3.87. The van der Waals surface area contributed by atoms with Crippen LogP contribution in [0.3, 0.4) is 0 Å². The number of nitrogens with zero attached hydrogens (tertiary/aromatic N) is 1. The number of nitrogens with two attached hydrogens (primary N) is 1. The van der Waals surface area contributed by atoms with E-state index < -0.39 is 6.43 Å². The van der Waals surface area contributed by atoms with E-state index in [1.54, 1.807) is 22.6 Å². The summed E-state index contributed by atoms with van der Waals surface area (Å²) in [5.74, 6) is 0. The van der Waals surface area contributed by atoms with Crippen LogP contribution < -0.4 is 5.73 Å². The number of aldehydes is 1. The summed E-state index contributed by atoms with van der Waals surface area (Å²) in [6, 6.07) is 1.37. The van der Waals surface area contributed by atoms with Gasteiger partial charge in [-0.25, -0.2) is 13.8 Å². The van der Waals surface area contributed by atoms with E-state index in [9.17, 15) is 13.6 Å². The Morgan fingerprint density at radius 2 is 2.29 bits per heavy atom. The fraction of sp³-hybridized carbons (Fsp3) is 0.250. The normalized spacial score (nSPS) is 10.6. The van der Waals surface area contributed by atoms with Gasteiger partial charge in [0.2, 0.25) is 0 Å². The molecule has 1 aromatic rings. The molecule has 6 heteroatoms. The molecular formula is C8H7F2IN2O. The Morgan fingerprint density at radius 1 is 1.64 bits per heavy atom. The lowest BCUT2D eigenvalue weighted by atomic mass is 10.2. The molecule has 2 N–H and O–H groups in total. The first-order valence-electron chi connectivity index (χ1n) is 3.72. The molecule has 0 aromatic carbocycles. The van der Waals surface area contributed by atoms with E-state index in [2.05, 4.69) is 4.98 Å². The molecule has 0 aliphatic carbocycles. The van der Waals surface area contributed by atoms with Crippen LogP contribution in [0.5, 0.6) is 0 Å². The lowest BCUT2D eigenvalue weighted by Gasteiger charge is -2.07. The predicted octanol–water partition coefficient (Wildman–Crippen LogP) is 1.89. The van der Waals surface area contributed by atoms with E-state index in [4.69, 9.17) is 5.73 Å². The van der Waals surface area contributed by atoms with Gasteiger partial charge in [0.25, 0.3) is 6.43 Å². The van der Waals surface area contributed by atoms with Gasteiger partial charge in [0.05, 0.1) is 5.69 Å². The van der Waals surface area contributed by atoms with E-state index in [0.717, 1.165) is 0 Å². The van der Waals surface area contributed by atoms with Gasteiger partial charge >= 0.3 is 0 Å². The van der Waals surface area contributed by atoms with Crippen molar-refractivity contribution < 1.29 is 13.6 Å². The molecule has 76 valence electrons. The van der Waals surface area contributed by atoms with Gasteiger partial charge in [-0.05, 0) is 28.7 Å². The Labute approximate surface area is 92.8 Å². The summed E-state index contributed by atoms with van der Waals surface area (Å²) in [5, 5.41) is 0. The molecule has 1 aromatic heterocycles. The van der Waals surface area contributed by atoms with Crippen LogP contribution in [0.1, 0.15) is 28.2 Å². The van der Waals surface area contributed by atoms with Crippen molar-refractivity contribution in [2.24, 2.45) is 5.73 Å². The predicted molar refractivity (Wildman–Crippen MR) is 55.2 cm³/mol. The minimum absolute atomic E-state index is 0.0231. The average Bonchev–Trinajstić information content (AvgIpc) is 2.16. The number of pyridine rings is 1. The first kappa shape index (κ1) is 11.4. The van der Waals surface area contributed by atoms with Crippen molar-refractivity contribution in [2.45, 2.75) is 13.0 Å². The van der Waals surface area contributed by atoms with Gasteiger partial charge in [-0.15, -0.1) is 0 Å². The van der Waals surface area contributed by atoms with Crippen LogP contribution in [0.25, 0.3) is 0 Å². The van der Waals surface area contributed by atoms with Gasteiger partial charge in [-0.1, -0.05) is 0 Å². The molecule has 0 radical (unpaired) electrons. The van der Waals surface area contributed by atoms with E-state index in [1.165, 1.54) is 6.07 Å². The minimum atomic E-state index is -2.65. The zero-order chi connectivity index (χ0) is 10.7. The molecule has 0 unspecified atom stereocenters. The molecule has 0 fully saturated rings. The molecule has 3 nitrogen and oxygen atoms in total. The number of carbonyl (C=O) groups excluding carboxylic acids is 1. The molecule has 0 bridgehead atoms. The molecule has 1 heterocycles. The lowest BCUT2D eigenvalue weighted by Crippen LogP contribution is -2.08. The molecule has 0 atom stereocenters. The number of halogens is 3. The summed E-state index contributed by atoms with van der Waals surface area (Å²) in [5.41, 5.74) is 5.42. The van der Waals surface area contributed by atoms with Crippen LogP contribution in [0.2, 0.25) is 0 Å². The van der Waals surface area contributed by atoms with Crippen molar-refractivity contribution in [3.63, 3.8) is 0 Å². The monoisotopic (exact) mass is 312 g/mol. The Hall–Kier alpha value is -0.630. The second kappa shape index (κ2) is 4.74. The van der Waals surface area contributed by atoms with Gasteiger partial charge in [0.1, 0.15) is 5.69 Å². The Morgan fingerprint density at radius 3 is 2.71 bits per heavy atom. The topological polar surface area (TPSA) is 56.0 Å².